The Morgan fingerprint density at radius 2 is 2.12 bits per heavy atom. The summed E-state index contributed by atoms with van der Waals surface area (Å²) in [5.41, 5.74) is 0.261. The SMILES string of the molecule is Cc1csc(=O)n1CCC(=O)NCC#Cc1cccc(C(F)(F)F)c1. The van der Waals surface area contributed by atoms with Crippen LogP contribution in [0.2, 0.25) is 0 Å². The van der Waals surface area contributed by atoms with Gasteiger partial charge in [-0.1, -0.05) is 29.2 Å². The van der Waals surface area contributed by atoms with Gasteiger partial charge in [-0.15, -0.1) is 0 Å². The van der Waals surface area contributed by atoms with E-state index < -0.39 is 11.7 Å². The molecule has 1 aromatic heterocycles. The van der Waals surface area contributed by atoms with Crippen molar-refractivity contribution in [1.82, 2.24) is 9.88 Å². The molecular weight excluding hydrogens is 353 g/mol. The van der Waals surface area contributed by atoms with E-state index >= 15 is 0 Å². The smallest absolute Gasteiger partial charge is 0.345 e. The van der Waals surface area contributed by atoms with E-state index in [1.807, 2.05) is 0 Å². The van der Waals surface area contributed by atoms with Gasteiger partial charge in [-0.25, -0.2) is 0 Å². The molecule has 132 valence electrons. The quantitative estimate of drug-likeness (QED) is 0.844. The molecule has 0 atom stereocenters. The summed E-state index contributed by atoms with van der Waals surface area (Å²) in [5.74, 6) is 4.91. The third-order valence-corrected chi connectivity index (χ3v) is 4.22. The number of benzene rings is 1. The summed E-state index contributed by atoms with van der Waals surface area (Å²) < 4.78 is 39.3. The topological polar surface area (TPSA) is 51.1 Å². The molecule has 0 unspecified atom stereocenters. The van der Waals surface area contributed by atoms with Gasteiger partial charge in [0.1, 0.15) is 0 Å². The molecule has 0 radical (unpaired) electrons. The van der Waals surface area contributed by atoms with Crippen molar-refractivity contribution in [2.75, 3.05) is 6.54 Å². The summed E-state index contributed by atoms with van der Waals surface area (Å²) in [6.07, 6.45) is -4.29. The van der Waals surface area contributed by atoms with Crippen LogP contribution in [-0.4, -0.2) is 17.0 Å². The average Bonchev–Trinajstić information content (AvgIpc) is 2.87. The molecule has 0 spiro atoms. The van der Waals surface area contributed by atoms with Crippen LogP contribution in [0.5, 0.6) is 0 Å². The van der Waals surface area contributed by atoms with Crippen molar-refractivity contribution in [3.05, 3.63) is 56.1 Å². The second-order valence-electron chi connectivity index (χ2n) is 5.20. The number of alkyl halides is 3. The second kappa shape index (κ2) is 8.03. The number of rotatable bonds is 4. The molecule has 1 amide bonds. The molecule has 0 saturated heterocycles. The Kier molecular flexibility index (Phi) is 6.04. The van der Waals surface area contributed by atoms with Gasteiger partial charge in [-0.2, -0.15) is 13.2 Å². The Hall–Kier alpha value is -2.53. The van der Waals surface area contributed by atoms with Crippen LogP contribution < -0.4 is 10.2 Å². The Bertz CT molecular complexity index is 872. The zero-order valence-electron chi connectivity index (χ0n) is 13.3. The van der Waals surface area contributed by atoms with E-state index in [1.54, 1.807) is 12.3 Å². The molecule has 0 aliphatic heterocycles. The first-order valence-electron chi connectivity index (χ1n) is 7.35. The highest BCUT2D eigenvalue weighted by molar-refractivity contribution is 7.07. The average molecular weight is 368 g/mol. The number of nitrogens with zero attached hydrogens (tertiary/aromatic N) is 1. The standard InChI is InChI=1S/C17H15F3N2O2S/c1-12-11-25-16(24)22(12)9-7-15(23)21-8-3-5-13-4-2-6-14(10-13)17(18,19)20/h2,4,6,10-11H,7-9H2,1H3,(H,21,23). The summed E-state index contributed by atoms with van der Waals surface area (Å²) in [4.78, 5) is 23.1. The fourth-order valence-electron chi connectivity index (χ4n) is 2.04. The summed E-state index contributed by atoms with van der Waals surface area (Å²) in [6.45, 7) is 2.09. The molecular formula is C17H15F3N2O2S. The minimum absolute atomic E-state index is 0.0204. The van der Waals surface area contributed by atoms with Gasteiger partial charge >= 0.3 is 11.0 Å². The highest BCUT2D eigenvalue weighted by Crippen LogP contribution is 2.29. The molecule has 1 heterocycles. The number of carbonyl (C=O) groups excluding carboxylic acids is 1. The lowest BCUT2D eigenvalue weighted by atomic mass is 10.1. The lowest BCUT2D eigenvalue weighted by Crippen LogP contribution is -2.26. The van der Waals surface area contributed by atoms with E-state index in [9.17, 15) is 22.8 Å². The molecule has 1 N–H and O–H groups in total. The summed E-state index contributed by atoms with van der Waals surface area (Å²) in [7, 11) is 0. The molecule has 4 nitrogen and oxygen atoms in total. The zero-order valence-corrected chi connectivity index (χ0v) is 14.1. The van der Waals surface area contributed by atoms with Crippen LogP contribution in [0.15, 0.2) is 34.4 Å². The van der Waals surface area contributed by atoms with Crippen molar-refractivity contribution in [2.24, 2.45) is 0 Å². The van der Waals surface area contributed by atoms with Crippen molar-refractivity contribution in [1.29, 1.82) is 0 Å². The Balaban J connectivity index is 1.84. The maximum atomic E-state index is 12.6. The molecule has 2 aromatic rings. The van der Waals surface area contributed by atoms with Gasteiger partial charge in [0.25, 0.3) is 0 Å². The highest BCUT2D eigenvalue weighted by Gasteiger charge is 2.30. The predicted octanol–water partition coefficient (Wildman–Crippen LogP) is 2.80. The van der Waals surface area contributed by atoms with Gasteiger partial charge in [0.05, 0.1) is 12.1 Å². The van der Waals surface area contributed by atoms with Crippen molar-refractivity contribution < 1.29 is 18.0 Å². The number of hydrogen-bond acceptors (Lipinski definition) is 3. The maximum absolute atomic E-state index is 12.6. The van der Waals surface area contributed by atoms with Crippen molar-refractivity contribution in [3.8, 4) is 11.8 Å². The summed E-state index contributed by atoms with van der Waals surface area (Å²) in [5, 5.41) is 4.28. The van der Waals surface area contributed by atoms with E-state index in [4.69, 9.17) is 0 Å². The van der Waals surface area contributed by atoms with Gasteiger partial charge in [0, 0.05) is 29.6 Å². The van der Waals surface area contributed by atoms with E-state index in [1.165, 1.54) is 16.7 Å². The largest absolute Gasteiger partial charge is 0.416 e. The molecule has 0 bridgehead atoms. The van der Waals surface area contributed by atoms with Gasteiger partial charge in [0.2, 0.25) is 5.91 Å². The lowest BCUT2D eigenvalue weighted by molar-refractivity contribution is -0.137. The van der Waals surface area contributed by atoms with E-state index in [-0.39, 0.29) is 35.9 Å². The first kappa shape index (κ1) is 18.8. The minimum atomic E-state index is -4.41. The zero-order chi connectivity index (χ0) is 18.4. The number of aromatic nitrogens is 1. The fraction of sp³-hybridized carbons (Fsp3) is 0.294. The van der Waals surface area contributed by atoms with Crippen molar-refractivity contribution in [3.63, 3.8) is 0 Å². The number of thiazole rings is 1. The number of nitrogens with one attached hydrogen (secondary N) is 1. The van der Waals surface area contributed by atoms with Crippen LogP contribution >= 0.6 is 11.3 Å². The van der Waals surface area contributed by atoms with Crippen LogP contribution in [0.4, 0.5) is 13.2 Å². The number of hydrogen-bond donors (Lipinski definition) is 1. The normalized spacial score (nSPS) is 10.9. The molecule has 1 aromatic carbocycles. The van der Waals surface area contributed by atoms with Crippen LogP contribution in [0, 0.1) is 18.8 Å². The third-order valence-electron chi connectivity index (χ3n) is 3.34. The predicted molar refractivity (Wildman–Crippen MR) is 89.3 cm³/mol. The second-order valence-corrected chi connectivity index (χ2v) is 6.02. The molecule has 0 saturated carbocycles. The summed E-state index contributed by atoms with van der Waals surface area (Å²) >= 11 is 1.08. The van der Waals surface area contributed by atoms with E-state index in [0.717, 1.165) is 29.2 Å². The number of carbonyl (C=O) groups is 1. The van der Waals surface area contributed by atoms with Gasteiger partial charge < -0.3 is 9.88 Å². The summed E-state index contributed by atoms with van der Waals surface area (Å²) in [6, 6.07) is 4.68. The van der Waals surface area contributed by atoms with Crippen molar-refractivity contribution >= 4 is 17.2 Å². The molecule has 0 aliphatic rings. The monoisotopic (exact) mass is 368 g/mol. The lowest BCUT2D eigenvalue weighted by Gasteiger charge is -2.06. The molecule has 0 aliphatic carbocycles. The first-order chi connectivity index (χ1) is 11.8. The van der Waals surface area contributed by atoms with Crippen molar-refractivity contribution in [2.45, 2.75) is 26.1 Å². The Morgan fingerprint density at radius 3 is 2.76 bits per heavy atom. The number of amides is 1. The number of halogens is 3. The van der Waals surface area contributed by atoms with Crippen LogP contribution in [0.1, 0.15) is 23.2 Å². The fourth-order valence-corrected chi connectivity index (χ4v) is 2.80. The number of aryl methyl sites for hydroxylation is 1. The Morgan fingerprint density at radius 1 is 1.36 bits per heavy atom. The van der Waals surface area contributed by atoms with Crippen LogP contribution in [0.3, 0.4) is 0 Å². The van der Waals surface area contributed by atoms with E-state index in [0.29, 0.717) is 0 Å². The molecule has 25 heavy (non-hydrogen) atoms. The highest BCUT2D eigenvalue weighted by atomic mass is 32.1. The molecule has 2 rings (SSSR count). The Labute approximate surface area is 146 Å². The van der Waals surface area contributed by atoms with Gasteiger partial charge in [-0.05, 0) is 25.1 Å². The van der Waals surface area contributed by atoms with Gasteiger partial charge in [-0.3, -0.25) is 9.59 Å². The third kappa shape index (κ3) is 5.50. The van der Waals surface area contributed by atoms with E-state index in [2.05, 4.69) is 17.2 Å². The minimum Gasteiger partial charge on any atom is -0.345 e. The molecule has 8 heteroatoms. The first-order valence-corrected chi connectivity index (χ1v) is 8.23. The molecule has 0 fully saturated rings. The van der Waals surface area contributed by atoms with Crippen LogP contribution in [0.25, 0.3) is 0 Å². The maximum Gasteiger partial charge on any atom is 0.416 e. The van der Waals surface area contributed by atoms with Crippen LogP contribution in [-0.2, 0) is 17.5 Å². The van der Waals surface area contributed by atoms with Gasteiger partial charge in [0.15, 0.2) is 0 Å².